The lowest BCUT2D eigenvalue weighted by atomic mass is 10.1. The molecule has 0 aliphatic carbocycles. The zero-order valence-electron chi connectivity index (χ0n) is 12.1. The maximum absolute atomic E-state index is 11.7. The molecule has 2 amide bonds. The normalized spacial score (nSPS) is 10.8. The highest BCUT2D eigenvalue weighted by Crippen LogP contribution is 2.29. The molecule has 6 nitrogen and oxygen atoms in total. The van der Waals surface area contributed by atoms with E-state index in [2.05, 4.69) is 10.6 Å². The zero-order valence-corrected chi connectivity index (χ0v) is 15.1. The first-order chi connectivity index (χ1) is 10.8. The van der Waals surface area contributed by atoms with Gasteiger partial charge in [0.15, 0.2) is 21.2 Å². The quantitative estimate of drug-likeness (QED) is 0.541. The van der Waals surface area contributed by atoms with E-state index in [0.29, 0.717) is 17.1 Å². The summed E-state index contributed by atoms with van der Waals surface area (Å²) < 4.78 is 10.3. The van der Waals surface area contributed by atoms with Gasteiger partial charge in [0.1, 0.15) is 6.17 Å². The van der Waals surface area contributed by atoms with E-state index in [1.54, 1.807) is 18.2 Å². The number of benzene rings is 1. The van der Waals surface area contributed by atoms with Gasteiger partial charge < -0.3 is 20.1 Å². The van der Waals surface area contributed by atoms with Gasteiger partial charge in [-0.15, -0.1) is 0 Å². The minimum absolute atomic E-state index is 0.403. The Morgan fingerprint density at radius 1 is 0.913 bits per heavy atom. The number of alkyl halides is 4. The molecule has 0 heterocycles. The highest BCUT2D eigenvalue weighted by molar-refractivity contribution is 6.54. The van der Waals surface area contributed by atoms with E-state index in [-0.39, 0.29) is 0 Å². The number of halogens is 4. The molecule has 1 aromatic carbocycles. The molecular formula is C13H14Cl4N2O4. The van der Waals surface area contributed by atoms with Crippen molar-refractivity contribution in [1.29, 1.82) is 0 Å². The molecule has 0 saturated heterocycles. The van der Waals surface area contributed by atoms with Gasteiger partial charge in [-0.2, -0.15) is 0 Å². The van der Waals surface area contributed by atoms with Crippen LogP contribution in [-0.4, -0.2) is 35.7 Å². The fraction of sp³-hybridized carbons (Fsp3) is 0.385. The molecule has 0 unspecified atom stereocenters. The minimum Gasteiger partial charge on any atom is -0.493 e. The monoisotopic (exact) mass is 402 g/mol. The van der Waals surface area contributed by atoms with Gasteiger partial charge in [-0.25, -0.2) is 0 Å². The van der Waals surface area contributed by atoms with Crippen molar-refractivity contribution in [3.8, 4) is 11.5 Å². The zero-order chi connectivity index (χ0) is 17.6. The SMILES string of the molecule is COc1ccc(C(NC(=O)C(Cl)Cl)NC(=O)C(Cl)Cl)cc1OC. The third-order valence-corrected chi connectivity index (χ3v) is 3.50. The van der Waals surface area contributed by atoms with E-state index < -0.39 is 27.7 Å². The number of carbonyl (C=O) groups is 2. The van der Waals surface area contributed by atoms with Crippen LogP contribution >= 0.6 is 46.4 Å². The van der Waals surface area contributed by atoms with Crippen LogP contribution < -0.4 is 20.1 Å². The molecule has 1 aromatic rings. The summed E-state index contributed by atoms with van der Waals surface area (Å²) in [5.41, 5.74) is 0.479. The summed E-state index contributed by atoms with van der Waals surface area (Å²) in [7, 11) is 2.94. The molecule has 0 atom stereocenters. The second kappa shape index (κ2) is 9.27. The lowest BCUT2D eigenvalue weighted by molar-refractivity contribution is -0.122. The Morgan fingerprint density at radius 2 is 1.39 bits per heavy atom. The molecule has 0 aromatic heterocycles. The van der Waals surface area contributed by atoms with Crippen LogP contribution in [0.25, 0.3) is 0 Å². The Hall–Kier alpha value is -1.08. The molecule has 10 heteroatoms. The molecule has 0 bridgehead atoms. The summed E-state index contributed by atoms with van der Waals surface area (Å²) in [5, 5.41) is 4.92. The lowest BCUT2D eigenvalue weighted by Crippen LogP contribution is -2.44. The summed E-state index contributed by atoms with van der Waals surface area (Å²) >= 11 is 22.0. The summed E-state index contributed by atoms with van der Waals surface area (Å²) in [4.78, 5) is 20.8. The lowest BCUT2D eigenvalue weighted by Gasteiger charge is -2.22. The molecule has 0 aliphatic heterocycles. The van der Waals surface area contributed by atoms with Gasteiger partial charge in [-0.3, -0.25) is 9.59 Å². The van der Waals surface area contributed by atoms with Crippen LogP contribution in [0.5, 0.6) is 11.5 Å². The number of hydrogen-bond donors (Lipinski definition) is 2. The third-order valence-electron chi connectivity index (χ3n) is 2.71. The van der Waals surface area contributed by atoms with Crippen molar-refractivity contribution < 1.29 is 19.1 Å². The summed E-state index contributed by atoms with van der Waals surface area (Å²) in [6, 6.07) is 4.79. The van der Waals surface area contributed by atoms with Crippen LogP contribution in [0.4, 0.5) is 0 Å². The standard InChI is InChI=1S/C13H14Cl4N2O4/c1-22-7-4-3-6(5-8(7)23-2)11(18-12(20)9(14)15)19-13(21)10(16)17/h3-5,9-11H,1-2H3,(H,18,20)(H,19,21). The van der Waals surface area contributed by atoms with Crippen molar-refractivity contribution in [3.63, 3.8) is 0 Å². The number of methoxy groups -OCH3 is 2. The molecule has 2 N–H and O–H groups in total. The van der Waals surface area contributed by atoms with E-state index in [1.165, 1.54) is 14.2 Å². The topological polar surface area (TPSA) is 76.7 Å². The van der Waals surface area contributed by atoms with Crippen LogP contribution in [0, 0.1) is 0 Å². The molecule has 0 spiro atoms. The van der Waals surface area contributed by atoms with Crippen molar-refractivity contribution in [1.82, 2.24) is 10.6 Å². The number of rotatable bonds is 7. The van der Waals surface area contributed by atoms with Crippen LogP contribution in [0.2, 0.25) is 0 Å². The Bertz CT molecular complexity index is 547. The van der Waals surface area contributed by atoms with Crippen molar-refractivity contribution in [2.24, 2.45) is 0 Å². The van der Waals surface area contributed by atoms with E-state index in [9.17, 15) is 9.59 Å². The van der Waals surface area contributed by atoms with Crippen molar-refractivity contribution in [2.75, 3.05) is 14.2 Å². The van der Waals surface area contributed by atoms with E-state index in [4.69, 9.17) is 55.9 Å². The van der Waals surface area contributed by atoms with Crippen molar-refractivity contribution in [3.05, 3.63) is 23.8 Å². The van der Waals surface area contributed by atoms with Crippen LogP contribution in [0.3, 0.4) is 0 Å². The fourth-order valence-electron chi connectivity index (χ4n) is 1.65. The molecule has 0 radical (unpaired) electrons. The molecule has 0 aliphatic rings. The molecule has 0 fully saturated rings. The van der Waals surface area contributed by atoms with Gasteiger partial charge in [-0.05, 0) is 17.7 Å². The first-order valence-corrected chi connectivity index (χ1v) is 7.93. The maximum atomic E-state index is 11.7. The molecule has 1 rings (SSSR count). The molecule has 0 saturated carbocycles. The number of ether oxygens (including phenoxy) is 2. The molecular weight excluding hydrogens is 390 g/mol. The van der Waals surface area contributed by atoms with Gasteiger partial charge in [0.05, 0.1) is 14.2 Å². The maximum Gasteiger partial charge on any atom is 0.255 e. The third kappa shape index (κ3) is 5.80. The number of carbonyl (C=O) groups excluding carboxylic acids is 2. The van der Waals surface area contributed by atoms with Crippen LogP contribution in [0.1, 0.15) is 11.7 Å². The highest BCUT2D eigenvalue weighted by Gasteiger charge is 2.23. The molecule has 23 heavy (non-hydrogen) atoms. The van der Waals surface area contributed by atoms with Crippen molar-refractivity contribution in [2.45, 2.75) is 15.8 Å². The smallest absolute Gasteiger partial charge is 0.255 e. The first kappa shape index (κ1) is 20.0. The van der Waals surface area contributed by atoms with Gasteiger partial charge in [0.25, 0.3) is 11.8 Å². The average molecular weight is 404 g/mol. The van der Waals surface area contributed by atoms with Crippen LogP contribution in [-0.2, 0) is 9.59 Å². The fourth-order valence-corrected chi connectivity index (χ4v) is 1.90. The van der Waals surface area contributed by atoms with Gasteiger partial charge in [0.2, 0.25) is 0 Å². The number of hydrogen-bond acceptors (Lipinski definition) is 4. The van der Waals surface area contributed by atoms with Crippen molar-refractivity contribution >= 4 is 58.2 Å². The minimum atomic E-state index is -1.31. The van der Waals surface area contributed by atoms with E-state index >= 15 is 0 Å². The van der Waals surface area contributed by atoms with Crippen LogP contribution in [0.15, 0.2) is 18.2 Å². The Kier molecular flexibility index (Phi) is 8.05. The number of nitrogens with one attached hydrogen (secondary N) is 2. The highest BCUT2D eigenvalue weighted by atomic mass is 35.5. The second-order valence-corrected chi connectivity index (χ2v) is 6.36. The number of amides is 2. The largest absolute Gasteiger partial charge is 0.493 e. The summed E-state index contributed by atoms with van der Waals surface area (Å²) in [5.74, 6) is -0.518. The molecule has 128 valence electrons. The Balaban J connectivity index is 3.12. The van der Waals surface area contributed by atoms with Gasteiger partial charge in [-0.1, -0.05) is 52.5 Å². The second-order valence-electron chi connectivity index (χ2n) is 4.17. The summed E-state index contributed by atoms with van der Waals surface area (Å²) in [6.07, 6.45) is -0.963. The predicted molar refractivity (Wildman–Crippen MR) is 89.6 cm³/mol. The average Bonchev–Trinajstić information content (AvgIpc) is 2.52. The van der Waals surface area contributed by atoms with E-state index in [1.807, 2.05) is 0 Å². The Labute approximate surface area is 153 Å². The van der Waals surface area contributed by atoms with Gasteiger partial charge >= 0.3 is 0 Å². The summed E-state index contributed by atoms with van der Waals surface area (Å²) in [6.45, 7) is 0. The first-order valence-electron chi connectivity index (χ1n) is 6.19. The Morgan fingerprint density at radius 3 is 1.78 bits per heavy atom. The predicted octanol–water partition coefficient (Wildman–Crippen LogP) is 2.54. The van der Waals surface area contributed by atoms with Gasteiger partial charge in [0, 0.05) is 0 Å². The van der Waals surface area contributed by atoms with E-state index in [0.717, 1.165) is 0 Å².